The fraction of sp³-hybridized carbons (Fsp3) is 0.333. The molecule has 1 aromatic heterocycles. The molecule has 0 aliphatic carbocycles. The quantitative estimate of drug-likeness (QED) is 0.912. The first-order valence-corrected chi connectivity index (χ1v) is 5.75. The van der Waals surface area contributed by atoms with Crippen LogP contribution < -0.4 is 10.6 Å². The summed E-state index contributed by atoms with van der Waals surface area (Å²) in [5, 5.41) is 3.82. The van der Waals surface area contributed by atoms with E-state index in [0.717, 1.165) is 12.2 Å². The summed E-state index contributed by atoms with van der Waals surface area (Å²) in [4.78, 5) is 6.08. The first-order valence-electron chi connectivity index (χ1n) is 5.75. The zero-order valence-corrected chi connectivity index (χ0v) is 11.4. The molecule has 0 amide bonds. The van der Waals surface area contributed by atoms with Gasteiger partial charge in [0.05, 0.1) is 13.1 Å². The van der Waals surface area contributed by atoms with Gasteiger partial charge >= 0.3 is 0 Å². The van der Waals surface area contributed by atoms with Gasteiger partial charge in [-0.05, 0) is 25.1 Å². The predicted molar refractivity (Wildman–Crippen MR) is 72.6 cm³/mol. The first kappa shape index (κ1) is 15.4. The van der Waals surface area contributed by atoms with Gasteiger partial charge in [0.1, 0.15) is 5.82 Å². The number of rotatable bonds is 5. The molecule has 0 unspecified atom stereocenters. The average molecular weight is 287 g/mol. The molecule has 0 saturated carbocycles. The number of nitrogens with zero attached hydrogens (tertiary/aromatic N) is 3. The average Bonchev–Trinajstić information content (AvgIpc) is 2.83. The highest BCUT2D eigenvalue weighted by atomic mass is 35.5. The highest BCUT2D eigenvalue weighted by molar-refractivity contribution is 5.85. The Hall–Kier alpha value is -1.66. The van der Waals surface area contributed by atoms with Crippen molar-refractivity contribution in [3.8, 4) is 0 Å². The maximum absolute atomic E-state index is 13.2. The van der Waals surface area contributed by atoms with Gasteiger partial charge in [0.25, 0.3) is 0 Å². The second-order valence-electron chi connectivity index (χ2n) is 3.80. The zero-order valence-electron chi connectivity index (χ0n) is 10.5. The van der Waals surface area contributed by atoms with Crippen molar-refractivity contribution in [2.24, 2.45) is 5.73 Å². The molecule has 0 spiro atoms. The molecule has 7 heteroatoms. The van der Waals surface area contributed by atoms with E-state index in [1.165, 1.54) is 12.1 Å². The lowest BCUT2D eigenvalue weighted by atomic mass is 10.2. The molecule has 0 atom stereocenters. The summed E-state index contributed by atoms with van der Waals surface area (Å²) in [6, 6.07) is 6.41. The van der Waals surface area contributed by atoms with E-state index in [4.69, 9.17) is 10.3 Å². The highest BCUT2D eigenvalue weighted by Gasteiger charge is 2.11. The number of aromatic nitrogens is 2. The van der Waals surface area contributed by atoms with E-state index >= 15 is 0 Å². The molecular formula is C12H16ClFN4O. The Morgan fingerprint density at radius 1 is 1.42 bits per heavy atom. The lowest BCUT2D eigenvalue weighted by Crippen LogP contribution is -2.22. The van der Waals surface area contributed by atoms with E-state index in [1.54, 1.807) is 6.07 Å². The smallest absolute Gasteiger partial charge is 0.240 e. The minimum atomic E-state index is -0.262. The van der Waals surface area contributed by atoms with Crippen LogP contribution in [0.2, 0.25) is 0 Å². The molecule has 5 nitrogen and oxygen atoms in total. The Bertz CT molecular complexity index is 520. The molecule has 0 aliphatic rings. The van der Waals surface area contributed by atoms with Crippen molar-refractivity contribution in [3.05, 3.63) is 41.8 Å². The van der Waals surface area contributed by atoms with E-state index in [1.807, 2.05) is 17.9 Å². The molecule has 0 bridgehead atoms. The summed E-state index contributed by atoms with van der Waals surface area (Å²) in [5.74, 6) is 0.684. The number of hydrogen-bond donors (Lipinski definition) is 1. The third-order valence-corrected chi connectivity index (χ3v) is 2.57. The van der Waals surface area contributed by atoms with Crippen LogP contribution in [0.1, 0.15) is 18.6 Å². The number of nitrogens with two attached hydrogens (primary N) is 1. The summed E-state index contributed by atoms with van der Waals surface area (Å²) < 4.78 is 18.1. The SMILES string of the molecule is CCN(Cc1noc(CN)n1)c1cccc(F)c1.Cl. The van der Waals surface area contributed by atoms with Crippen molar-refractivity contribution in [1.29, 1.82) is 0 Å². The van der Waals surface area contributed by atoms with Crippen LogP contribution >= 0.6 is 12.4 Å². The third-order valence-electron chi connectivity index (χ3n) is 2.57. The van der Waals surface area contributed by atoms with E-state index < -0.39 is 0 Å². The van der Waals surface area contributed by atoms with Crippen LogP contribution in [0.5, 0.6) is 0 Å². The van der Waals surface area contributed by atoms with Crippen LogP contribution in [0.15, 0.2) is 28.8 Å². The number of halogens is 2. The van der Waals surface area contributed by atoms with Crippen LogP contribution in [0.25, 0.3) is 0 Å². The van der Waals surface area contributed by atoms with E-state index in [9.17, 15) is 4.39 Å². The van der Waals surface area contributed by atoms with Gasteiger partial charge in [-0.2, -0.15) is 4.98 Å². The Labute approximate surface area is 117 Å². The fourth-order valence-corrected chi connectivity index (χ4v) is 1.67. The second kappa shape index (κ2) is 7.06. The van der Waals surface area contributed by atoms with Crippen molar-refractivity contribution in [1.82, 2.24) is 10.1 Å². The standard InChI is InChI=1S/C12H15FN4O.ClH/c1-2-17(10-5-3-4-9(13)6-10)8-11-15-12(7-14)18-16-11;/h3-6H,2,7-8,14H2,1H3;1H. The predicted octanol–water partition coefficient (Wildman–Crippen LogP) is 2.12. The summed E-state index contributed by atoms with van der Waals surface area (Å²) >= 11 is 0. The van der Waals surface area contributed by atoms with Gasteiger partial charge in [-0.25, -0.2) is 4.39 Å². The fourth-order valence-electron chi connectivity index (χ4n) is 1.67. The van der Waals surface area contributed by atoms with Crippen LogP contribution in [-0.4, -0.2) is 16.7 Å². The van der Waals surface area contributed by atoms with Crippen molar-refractivity contribution in [2.75, 3.05) is 11.4 Å². The van der Waals surface area contributed by atoms with Gasteiger partial charge in [0.15, 0.2) is 5.82 Å². The Morgan fingerprint density at radius 2 is 2.21 bits per heavy atom. The Kier molecular flexibility index (Phi) is 5.72. The molecule has 0 saturated heterocycles. The summed E-state index contributed by atoms with van der Waals surface area (Å²) in [6.45, 7) is 3.38. The van der Waals surface area contributed by atoms with Crippen molar-refractivity contribution < 1.29 is 8.91 Å². The largest absolute Gasteiger partial charge is 0.364 e. The Balaban J connectivity index is 0.00000180. The lowest BCUT2D eigenvalue weighted by molar-refractivity contribution is 0.374. The van der Waals surface area contributed by atoms with Crippen LogP contribution in [0.4, 0.5) is 10.1 Å². The van der Waals surface area contributed by atoms with Gasteiger partial charge in [-0.15, -0.1) is 12.4 Å². The summed E-state index contributed by atoms with van der Waals surface area (Å²) in [5.41, 5.74) is 6.19. The van der Waals surface area contributed by atoms with E-state index in [-0.39, 0.29) is 24.8 Å². The van der Waals surface area contributed by atoms with E-state index in [2.05, 4.69) is 10.1 Å². The summed E-state index contributed by atoms with van der Waals surface area (Å²) in [6.07, 6.45) is 0. The van der Waals surface area contributed by atoms with Gasteiger partial charge in [-0.1, -0.05) is 11.2 Å². The molecule has 104 valence electrons. The first-order chi connectivity index (χ1) is 8.72. The molecule has 2 rings (SSSR count). The molecule has 19 heavy (non-hydrogen) atoms. The lowest BCUT2D eigenvalue weighted by Gasteiger charge is -2.21. The topological polar surface area (TPSA) is 68.2 Å². The maximum Gasteiger partial charge on any atom is 0.240 e. The van der Waals surface area contributed by atoms with Crippen molar-refractivity contribution in [3.63, 3.8) is 0 Å². The van der Waals surface area contributed by atoms with Crippen LogP contribution in [-0.2, 0) is 13.1 Å². The van der Waals surface area contributed by atoms with Crippen molar-refractivity contribution in [2.45, 2.75) is 20.0 Å². The monoisotopic (exact) mass is 286 g/mol. The molecule has 0 aliphatic heterocycles. The normalized spacial score (nSPS) is 10.1. The molecule has 0 fully saturated rings. The number of benzene rings is 1. The maximum atomic E-state index is 13.2. The molecule has 2 N–H and O–H groups in total. The zero-order chi connectivity index (χ0) is 13.0. The molecule has 2 aromatic rings. The molecule has 1 aromatic carbocycles. The van der Waals surface area contributed by atoms with E-state index in [0.29, 0.717) is 18.3 Å². The number of hydrogen-bond acceptors (Lipinski definition) is 5. The summed E-state index contributed by atoms with van der Waals surface area (Å²) in [7, 11) is 0. The highest BCUT2D eigenvalue weighted by Crippen LogP contribution is 2.17. The third kappa shape index (κ3) is 3.90. The number of anilines is 1. The van der Waals surface area contributed by atoms with Crippen LogP contribution in [0, 0.1) is 5.82 Å². The van der Waals surface area contributed by atoms with Gasteiger partial charge in [-0.3, -0.25) is 0 Å². The molecule has 1 heterocycles. The second-order valence-corrected chi connectivity index (χ2v) is 3.80. The van der Waals surface area contributed by atoms with Gasteiger partial charge < -0.3 is 15.2 Å². The van der Waals surface area contributed by atoms with Crippen LogP contribution in [0.3, 0.4) is 0 Å². The Morgan fingerprint density at radius 3 is 2.79 bits per heavy atom. The van der Waals surface area contributed by atoms with Gasteiger partial charge in [0.2, 0.25) is 5.89 Å². The minimum Gasteiger partial charge on any atom is -0.364 e. The minimum absolute atomic E-state index is 0. The molecular weight excluding hydrogens is 271 g/mol. The molecule has 0 radical (unpaired) electrons. The van der Waals surface area contributed by atoms with Crippen molar-refractivity contribution >= 4 is 18.1 Å². The van der Waals surface area contributed by atoms with Gasteiger partial charge in [0, 0.05) is 12.2 Å².